The molecule has 3 amide bonds. The third kappa shape index (κ3) is 7.01. The van der Waals surface area contributed by atoms with E-state index in [0.29, 0.717) is 11.4 Å². The van der Waals surface area contributed by atoms with Gasteiger partial charge in [-0.2, -0.15) is 5.10 Å². The Morgan fingerprint density at radius 1 is 0.871 bits per heavy atom. The van der Waals surface area contributed by atoms with Gasteiger partial charge in [-0.3, -0.25) is 4.79 Å². The molecule has 0 saturated carbocycles. The number of hydrazone groups is 1. The van der Waals surface area contributed by atoms with Gasteiger partial charge in [0.05, 0.1) is 6.21 Å². The van der Waals surface area contributed by atoms with Crippen molar-refractivity contribution < 1.29 is 14.3 Å². The zero-order valence-corrected chi connectivity index (χ0v) is 17.4. The monoisotopic (exact) mass is 416 g/mol. The van der Waals surface area contributed by atoms with Gasteiger partial charge in [-0.05, 0) is 79.1 Å². The number of hydrogen-bond acceptors (Lipinski definition) is 4. The second-order valence-electron chi connectivity index (χ2n) is 6.90. The number of nitrogens with one attached hydrogen (secondary N) is 3. The van der Waals surface area contributed by atoms with Crippen LogP contribution in [-0.2, 0) is 4.79 Å². The quantitative estimate of drug-likeness (QED) is 0.392. The lowest BCUT2D eigenvalue weighted by Crippen LogP contribution is -2.24. The first-order valence-electron chi connectivity index (χ1n) is 9.75. The van der Waals surface area contributed by atoms with Crippen LogP contribution in [0.25, 0.3) is 0 Å². The van der Waals surface area contributed by atoms with E-state index in [4.69, 9.17) is 4.74 Å². The predicted molar refractivity (Wildman–Crippen MR) is 123 cm³/mol. The minimum Gasteiger partial charge on any atom is -0.484 e. The molecule has 7 nitrogen and oxygen atoms in total. The van der Waals surface area contributed by atoms with Crippen LogP contribution in [0.15, 0.2) is 77.9 Å². The van der Waals surface area contributed by atoms with Crippen molar-refractivity contribution >= 4 is 29.5 Å². The van der Waals surface area contributed by atoms with E-state index in [-0.39, 0.29) is 12.5 Å². The van der Waals surface area contributed by atoms with E-state index in [0.717, 1.165) is 16.8 Å². The van der Waals surface area contributed by atoms with Gasteiger partial charge in [0, 0.05) is 11.4 Å². The summed E-state index contributed by atoms with van der Waals surface area (Å²) in [7, 11) is 0. The van der Waals surface area contributed by atoms with Gasteiger partial charge in [0.1, 0.15) is 5.75 Å². The van der Waals surface area contributed by atoms with Gasteiger partial charge < -0.3 is 15.4 Å². The van der Waals surface area contributed by atoms with Crippen LogP contribution in [0.2, 0.25) is 0 Å². The molecule has 7 heteroatoms. The third-order valence-corrected chi connectivity index (χ3v) is 4.45. The molecule has 3 aromatic carbocycles. The molecule has 0 aliphatic carbocycles. The van der Waals surface area contributed by atoms with E-state index in [1.165, 1.54) is 11.8 Å². The van der Waals surface area contributed by atoms with Gasteiger partial charge in [-0.1, -0.05) is 24.3 Å². The predicted octanol–water partition coefficient (Wildman–Crippen LogP) is 4.48. The Morgan fingerprint density at radius 3 is 2.32 bits per heavy atom. The van der Waals surface area contributed by atoms with Crippen molar-refractivity contribution in [2.45, 2.75) is 13.8 Å². The van der Waals surface area contributed by atoms with Gasteiger partial charge in [0.2, 0.25) is 0 Å². The number of ether oxygens (including phenoxy) is 1. The van der Waals surface area contributed by atoms with Gasteiger partial charge in [-0.25, -0.2) is 10.2 Å². The van der Waals surface area contributed by atoms with E-state index in [2.05, 4.69) is 21.2 Å². The molecule has 3 rings (SSSR count). The average molecular weight is 416 g/mol. The molecule has 158 valence electrons. The minimum atomic E-state index is -0.433. The van der Waals surface area contributed by atoms with E-state index in [1.54, 1.807) is 36.4 Å². The van der Waals surface area contributed by atoms with Gasteiger partial charge in [0.15, 0.2) is 6.61 Å². The third-order valence-electron chi connectivity index (χ3n) is 4.45. The highest BCUT2D eigenvalue weighted by atomic mass is 16.5. The van der Waals surface area contributed by atoms with Crippen molar-refractivity contribution in [3.05, 3.63) is 89.5 Å². The summed E-state index contributed by atoms with van der Waals surface area (Å²) >= 11 is 0. The summed E-state index contributed by atoms with van der Waals surface area (Å²) in [5.74, 6) is 0.324. The molecule has 0 aliphatic heterocycles. The highest BCUT2D eigenvalue weighted by Gasteiger charge is 2.05. The standard InChI is InChI=1S/C24H24N4O3/c1-17-8-11-21(14-18(17)2)26-23(29)16-31-22-12-9-19(10-13-22)15-25-28-24(30)27-20-6-4-3-5-7-20/h3-15H,16H2,1-2H3,(H,26,29)(H2,27,28,30). The van der Waals surface area contributed by atoms with Crippen LogP contribution in [0.4, 0.5) is 16.2 Å². The molecule has 0 unspecified atom stereocenters. The van der Waals surface area contributed by atoms with Crippen molar-refractivity contribution in [2.75, 3.05) is 17.2 Å². The van der Waals surface area contributed by atoms with Crippen LogP contribution in [-0.4, -0.2) is 24.8 Å². The summed E-state index contributed by atoms with van der Waals surface area (Å²) in [4.78, 5) is 23.9. The van der Waals surface area contributed by atoms with Crippen LogP contribution < -0.4 is 20.8 Å². The van der Waals surface area contributed by atoms with Crippen molar-refractivity contribution in [1.82, 2.24) is 5.43 Å². The molecular weight excluding hydrogens is 392 g/mol. The molecule has 0 bridgehead atoms. The highest BCUT2D eigenvalue weighted by Crippen LogP contribution is 2.15. The normalized spacial score (nSPS) is 10.5. The maximum absolute atomic E-state index is 12.1. The van der Waals surface area contributed by atoms with E-state index in [9.17, 15) is 9.59 Å². The number of aryl methyl sites for hydroxylation is 2. The Hall–Kier alpha value is -4.13. The lowest BCUT2D eigenvalue weighted by Gasteiger charge is -2.09. The molecule has 31 heavy (non-hydrogen) atoms. The van der Waals surface area contributed by atoms with E-state index >= 15 is 0 Å². The second kappa shape index (κ2) is 10.6. The minimum absolute atomic E-state index is 0.0957. The Balaban J connectivity index is 1.43. The summed E-state index contributed by atoms with van der Waals surface area (Å²) in [5, 5.41) is 9.39. The molecule has 0 aromatic heterocycles. The number of carbonyl (C=O) groups is 2. The number of benzene rings is 3. The van der Waals surface area contributed by atoms with Crippen LogP contribution in [0.1, 0.15) is 16.7 Å². The number of rotatable bonds is 7. The van der Waals surface area contributed by atoms with Gasteiger partial charge in [-0.15, -0.1) is 0 Å². The molecule has 0 saturated heterocycles. The molecule has 3 aromatic rings. The summed E-state index contributed by atoms with van der Waals surface area (Å²) in [6.45, 7) is 3.92. The Morgan fingerprint density at radius 2 is 1.61 bits per heavy atom. The van der Waals surface area contributed by atoms with Crippen LogP contribution in [0.3, 0.4) is 0 Å². The molecule has 0 spiro atoms. The SMILES string of the molecule is Cc1ccc(NC(=O)COc2ccc(C=NNC(=O)Nc3ccccc3)cc2)cc1C. The fraction of sp³-hybridized carbons (Fsp3) is 0.125. The Kier molecular flexibility index (Phi) is 7.37. The van der Waals surface area contributed by atoms with Gasteiger partial charge in [0.25, 0.3) is 5.91 Å². The summed E-state index contributed by atoms with van der Waals surface area (Å²) in [6.07, 6.45) is 1.51. The molecule has 0 fully saturated rings. The molecule has 0 radical (unpaired) electrons. The fourth-order valence-electron chi connectivity index (χ4n) is 2.66. The number of carbonyl (C=O) groups excluding carboxylic acids is 2. The summed E-state index contributed by atoms with van der Waals surface area (Å²) in [5.41, 5.74) is 6.88. The Labute approximate surface area is 181 Å². The van der Waals surface area contributed by atoms with Crippen molar-refractivity contribution in [1.29, 1.82) is 0 Å². The number of nitrogens with zero attached hydrogens (tertiary/aromatic N) is 1. The molecule has 0 aliphatic rings. The smallest absolute Gasteiger partial charge is 0.339 e. The zero-order chi connectivity index (χ0) is 22.1. The number of urea groups is 1. The largest absolute Gasteiger partial charge is 0.484 e. The fourth-order valence-corrected chi connectivity index (χ4v) is 2.66. The lowest BCUT2D eigenvalue weighted by molar-refractivity contribution is -0.118. The molecule has 0 heterocycles. The van der Waals surface area contributed by atoms with Crippen LogP contribution in [0, 0.1) is 13.8 Å². The molecule has 0 atom stereocenters. The van der Waals surface area contributed by atoms with E-state index in [1.807, 2.05) is 50.2 Å². The molecular formula is C24H24N4O3. The first-order chi connectivity index (χ1) is 15.0. The number of amides is 3. The number of anilines is 2. The number of para-hydroxylation sites is 1. The maximum Gasteiger partial charge on any atom is 0.339 e. The first kappa shape index (κ1) is 21.6. The average Bonchev–Trinajstić information content (AvgIpc) is 2.76. The van der Waals surface area contributed by atoms with Crippen LogP contribution in [0.5, 0.6) is 5.75 Å². The zero-order valence-electron chi connectivity index (χ0n) is 17.4. The Bertz CT molecular complexity index is 1060. The lowest BCUT2D eigenvalue weighted by atomic mass is 10.1. The highest BCUT2D eigenvalue weighted by molar-refractivity contribution is 5.92. The topological polar surface area (TPSA) is 91.8 Å². The van der Waals surface area contributed by atoms with Crippen molar-refractivity contribution in [3.63, 3.8) is 0 Å². The first-order valence-corrected chi connectivity index (χ1v) is 9.75. The second-order valence-corrected chi connectivity index (χ2v) is 6.90. The van der Waals surface area contributed by atoms with Crippen LogP contribution >= 0.6 is 0 Å². The van der Waals surface area contributed by atoms with Crippen molar-refractivity contribution in [3.8, 4) is 5.75 Å². The van der Waals surface area contributed by atoms with E-state index < -0.39 is 6.03 Å². The van der Waals surface area contributed by atoms with Crippen molar-refractivity contribution in [2.24, 2.45) is 5.10 Å². The summed E-state index contributed by atoms with van der Waals surface area (Å²) < 4.78 is 5.52. The summed E-state index contributed by atoms with van der Waals surface area (Å²) in [6, 6.07) is 21.4. The van der Waals surface area contributed by atoms with Gasteiger partial charge >= 0.3 is 6.03 Å². The number of hydrogen-bond donors (Lipinski definition) is 3. The maximum atomic E-state index is 12.1. The molecule has 3 N–H and O–H groups in total.